The Labute approximate surface area is 79.5 Å². The molecule has 1 rings (SSSR count). The van der Waals surface area contributed by atoms with Crippen molar-refractivity contribution >= 4 is 17.7 Å². The summed E-state index contributed by atoms with van der Waals surface area (Å²) >= 11 is 0. The molecular weight excluding hydrogens is 188 g/mol. The van der Waals surface area contributed by atoms with E-state index in [0.29, 0.717) is 0 Å². The highest BCUT2D eigenvalue weighted by molar-refractivity contribution is 6.12. The summed E-state index contributed by atoms with van der Waals surface area (Å²) in [6, 6.07) is 0. The summed E-state index contributed by atoms with van der Waals surface area (Å²) in [7, 11) is 0. The smallest absolute Gasteiger partial charge is 0.275 e. The molecule has 0 saturated carbocycles. The van der Waals surface area contributed by atoms with Gasteiger partial charge in [-0.2, -0.15) is 0 Å². The van der Waals surface area contributed by atoms with Crippen LogP contribution >= 0.6 is 0 Å². The zero-order valence-electron chi connectivity index (χ0n) is 7.30. The fourth-order valence-corrected chi connectivity index (χ4v) is 1.09. The molecule has 1 aliphatic rings. The second-order valence-electron chi connectivity index (χ2n) is 2.75. The summed E-state index contributed by atoms with van der Waals surface area (Å²) in [5, 5.41) is 2.20. The van der Waals surface area contributed by atoms with Crippen molar-refractivity contribution in [3.05, 3.63) is 17.1 Å². The van der Waals surface area contributed by atoms with Crippen molar-refractivity contribution in [3.63, 3.8) is 0 Å². The summed E-state index contributed by atoms with van der Waals surface area (Å²) < 4.78 is 0. The van der Waals surface area contributed by atoms with Gasteiger partial charge in [-0.1, -0.05) is 0 Å². The van der Waals surface area contributed by atoms with Crippen molar-refractivity contribution in [2.24, 2.45) is 5.18 Å². The Kier molecular flexibility index (Phi) is 3.22. The second-order valence-corrected chi connectivity index (χ2v) is 2.75. The van der Waals surface area contributed by atoms with Crippen LogP contribution in [-0.2, 0) is 14.4 Å². The highest BCUT2D eigenvalue weighted by Gasteiger charge is 2.22. The topological polar surface area (TPSA) is 83.9 Å². The lowest BCUT2D eigenvalue weighted by Gasteiger charge is -2.11. The Bertz CT molecular complexity index is 303. The van der Waals surface area contributed by atoms with Gasteiger partial charge in [-0.15, -0.1) is 4.91 Å². The molecule has 1 heterocycles. The maximum atomic E-state index is 11.0. The third-order valence-electron chi connectivity index (χ3n) is 1.77. The first-order chi connectivity index (χ1) is 6.65. The fourth-order valence-electron chi connectivity index (χ4n) is 1.09. The minimum atomic E-state index is -0.767. The number of hydrogen-bond donors (Lipinski definition) is 0. The van der Waals surface area contributed by atoms with Gasteiger partial charge in [0.25, 0.3) is 17.7 Å². The van der Waals surface area contributed by atoms with Gasteiger partial charge in [0, 0.05) is 30.3 Å². The highest BCUT2D eigenvalue weighted by atomic mass is 16.3. The zero-order chi connectivity index (χ0) is 10.6. The molecule has 0 N–H and O–H groups in total. The number of carbonyl (C=O) groups excluding carboxylic acids is 3. The quantitative estimate of drug-likeness (QED) is 0.467. The van der Waals surface area contributed by atoms with E-state index in [-0.39, 0.29) is 31.2 Å². The van der Waals surface area contributed by atoms with Gasteiger partial charge in [-0.3, -0.25) is 19.3 Å². The molecule has 0 aliphatic carbocycles. The molecule has 0 saturated heterocycles. The second kappa shape index (κ2) is 4.40. The van der Waals surface area contributed by atoms with Crippen LogP contribution in [0.3, 0.4) is 0 Å². The van der Waals surface area contributed by atoms with Crippen molar-refractivity contribution in [1.29, 1.82) is 0 Å². The Morgan fingerprint density at radius 2 is 1.86 bits per heavy atom. The standard InChI is InChI=1S/C8H8N2O4/c11-6(9-14)2-1-5-10-7(12)3-4-8(10)13/h3-4H,1-2,5H2. The van der Waals surface area contributed by atoms with Crippen LogP contribution < -0.4 is 0 Å². The molecule has 0 spiro atoms. The van der Waals surface area contributed by atoms with E-state index in [2.05, 4.69) is 5.18 Å². The van der Waals surface area contributed by atoms with Gasteiger partial charge >= 0.3 is 0 Å². The summed E-state index contributed by atoms with van der Waals surface area (Å²) in [5.41, 5.74) is 0. The van der Waals surface area contributed by atoms with Gasteiger partial charge in [0.15, 0.2) is 0 Å². The Balaban J connectivity index is 2.32. The van der Waals surface area contributed by atoms with E-state index >= 15 is 0 Å². The van der Waals surface area contributed by atoms with Gasteiger partial charge in [0.1, 0.15) is 0 Å². The molecule has 74 valence electrons. The fraction of sp³-hybridized carbons (Fsp3) is 0.375. The predicted octanol–water partition coefficient (Wildman–Crippen LogP) is -0.0154. The molecular formula is C8H8N2O4. The number of carbonyl (C=O) groups is 3. The van der Waals surface area contributed by atoms with Crippen molar-refractivity contribution in [1.82, 2.24) is 4.90 Å². The van der Waals surface area contributed by atoms with Crippen LogP contribution in [0.1, 0.15) is 12.8 Å². The first-order valence-electron chi connectivity index (χ1n) is 4.05. The third-order valence-corrected chi connectivity index (χ3v) is 1.77. The van der Waals surface area contributed by atoms with Gasteiger partial charge in [0.2, 0.25) is 0 Å². The van der Waals surface area contributed by atoms with Crippen molar-refractivity contribution < 1.29 is 14.4 Å². The van der Waals surface area contributed by atoms with Crippen LogP contribution in [0, 0.1) is 4.91 Å². The van der Waals surface area contributed by atoms with Gasteiger partial charge in [0.05, 0.1) is 0 Å². The largest absolute Gasteiger partial charge is 0.286 e. The van der Waals surface area contributed by atoms with Gasteiger partial charge in [-0.25, -0.2) is 0 Å². The van der Waals surface area contributed by atoms with E-state index in [1.54, 1.807) is 0 Å². The number of hydrogen-bond acceptors (Lipinski definition) is 4. The van der Waals surface area contributed by atoms with Crippen LogP contribution in [0.25, 0.3) is 0 Å². The Hall–Kier alpha value is -1.85. The number of nitrogens with zero attached hydrogens (tertiary/aromatic N) is 2. The SMILES string of the molecule is O=NC(=O)CCCN1C(=O)C=CC1=O. The zero-order valence-corrected chi connectivity index (χ0v) is 7.30. The highest BCUT2D eigenvalue weighted by Crippen LogP contribution is 2.05. The minimum absolute atomic E-state index is 0.0411. The molecule has 0 radical (unpaired) electrons. The molecule has 0 atom stereocenters. The molecule has 0 aromatic rings. The predicted molar refractivity (Wildman–Crippen MR) is 45.9 cm³/mol. The number of imide groups is 1. The van der Waals surface area contributed by atoms with Crippen LogP contribution in [0.2, 0.25) is 0 Å². The minimum Gasteiger partial charge on any atom is -0.275 e. The third kappa shape index (κ3) is 2.32. The molecule has 0 bridgehead atoms. The summed E-state index contributed by atoms with van der Waals surface area (Å²) in [4.78, 5) is 43.1. The lowest BCUT2D eigenvalue weighted by atomic mass is 10.3. The first kappa shape index (κ1) is 10.2. The van der Waals surface area contributed by atoms with E-state index in [9.17, 15) is 19.3 Å². The molecule has 0 aromatic carbocycles. The first-order valence-corrected chi connectivity index (χ1v) is 4.05. The van der Waals surface area contributed by atoms with Crippen molar-refractivity contribution in [2.45, 2.75) is 12.8 Å². The Morgan fingerprint density at radius 1 is 1.29 bits per heavy atom. The number of amides is 3. The van der Waals surface area contributed by atoms with Gasteiger partial charge < -0.3 is 0 Å². The number of rotatable bonds is 4. The van der Waals surface area contributed by atoms with Gasteiger partial charge in [-0.05, 0) is 6.42 Å². The lowest BCUT2D eigenvalue weighted by Crippen LogP contribution is -2.31. The van der Waals surface area contributed by atoms with Crippen molar-refractivity contribution in [3.8, 4) is 0 Å². The normalized spacial score (nSPS) is 15.0. The maximum absolute atomic E-state index is 11.0. The summed E-state index contributed by atoms with van der Waals surface area (Å²) in [6.07, 6.45) is 2.56. The average Bonchev–Trinajstić information content (AvgIpc) is 2.48. The van der Waals surface area contributed by atoms with Crippen LogP contribution in [0.15, 0.2) is 17.3 Å². The van der Waals surface area contributed by atoms with Crippen LogP contribution in [0.5, 0.6) is 0 Å². The molecule has 0 fully saturated rings. The maximum Gasteiger partial charge on any atom is 0.286 e. The summed E-state index contributed by atoms with van der Waals surface area (Å²) in [5.74, 6) is -1.54. The average molecular weight is 196 g/mol. The van der Waals surface area contributed by atoms with Crippen molar-refractivity contribution in [2.75, 3.05) is 6.54 Å². The Morgan fingerprint density at radius 3 is 2.36 bits per heavy atom. The molecule has 0 aromatic heterocycles. The molecule has 0 unspecified atom stereocenters. The monoisotopic (exact) mass is 196 g/mol. The molecule has 14 heavy (non-hydrogen) atoms. The van der Waals surface area contributed by atoms with E-state index < -0.39 is 5.91 Å². The van der Waals surface area contributed by atoms with Crippen LogP contribution in [0.4, 0.5) is 0 Å². The molecule has 6 heteroatoms. The molecule has 1 aliphatic heterocycles. The lowest BCUT2D eigenvalue weighted by molar-refractivity contribution is -0.137. The summed E-state index contributed by atoms with van der Waals surface area (Å²) in [6.45, 7) is 0.145. The van der Waals surface area contributed by atoms with E-state index in [1.807, 2.05) is 0 Å². The van der Waals surface area contributed by atoms with E-state index in [1.165, 1.54) is 12.2 Å². The molecule has 6 nitrogen and oxygen atoms in total. The molecule has 3 amide bonds. The number of nitroso groups, excluding NO2 is 1. The van der Waals surface area contributed by atoms with E-state index in [4.69, 9.17) is 0 Å². The van der Waals surface area contributed by atoms with E-state index in [0.717, 1.165) is 4.90 Å². The van der Waals surface area contributed by atoms with Crippen LogP contribution in [-0.4, -0.2) is 29.2 Å².